The van der Waals surface area contributed by atoms with E-state index < -0.39 is 22.0 Å². The van der Waals surface area contributed by atoms with Gasteiger partial charge in [0.05, 0.1) is 12.0 Å². The number of methoxy groups -OCH3 is 1. The second-order valence-corrected chi connectivity index (χ2v) is 5.19. The number of carbonyl (C=O) groups excluding carboxylic acids is 1. The van der Waals surface area contributed by atoms with Gasteiger partial charge in [-0.3, -0.25) is 4.79 Å². The fourth-order valence-electron chi connectivity index (χ4n) is 1.33. The molecule has 6 nitrogen and oxygen atoms in total. The predicted molar refractivity (Wildman–Crippen MR) is 58.1 cm³/mol. The summed E-state index contributed by atoms with van der Waals surface area (Å²) >= 11 is 0. The lowest BCUT2D eigenvalue weighted by atomic mass is 10.3. The van der Waals surface area contributed by atoms with Gasteiger partial charge in [0, 0.05) is 0 Å². The lowest BCUT2D eigenvalue weighted by Crippen LogP contribution is -2.52. The topological polar surface area (TPSA) is 81.7 Å². The predicted octanol–water partition coefficient (Wildman–Crippen LogP) is -0.101. The first-order chi connectivity index (χ1) is 8.03. The lowest BCUT2D eigenvalue weighted by Gasteiger charge is -2.24. The van der Waals surface area contributed by atoms with Gasteiger partial charge in [-0.1, -0.05) is 0 Å². The Bertz CT molecular complexity index is 522. The zero-order chi connectivity index (χ0) is 12.5. The van der Waals surface area contributed by atoms with Gasteiger partial charge in [0.2, 0.25) is 10.0 Å². The van der Waals surface area contributed by atoms with Crippen LogP contribution in [0.2, 0.25) is 0 Å². The van der Waals surface area contributed by atoms with E-state index in [1.807, 2.05) is 0 Å². The van der Waals surface area contributed by atoms with Gasteiger partial charge >= 0.3 is 5.97 Å². The third-order valence-electron chi connectivity index (χ3n) is 2.34. The maximum Gasteiger partial charge on any atom is 0.327 e. The smallest absolute Gasteiger partial charge is 0.327 e. The number of ether oxygens (including phenoxy) is 2. The quantitative estimate of drug-likeness (QED) is 0.762. The van der Waals surface area contributed by atoms with Gasteiger partial charge in [-0.25, -0.2) is 8.42 Å². The molecule has 1 aliphatic heterocycles. The van der Waals surface area contributed by atoms with Crippen molar-refractivity contribution in [2.75, 3.05) is 13.7 Å². The van der Waals surface area contributed by atoms with E-state index in [2.05, 4.69) is 9.46 Å². The molecule has 1 saturated heterocycles. The van der Waals surface area contributed by atoms with E-state index in [1.165, 1.54) is 31.4 Å². The first-order valence-electron chi connectivity index (χ1n) is 4.86. The monoisotopic (exact) mass is 257 g/mol. The zero-order valence-corrected chi connectivity index (χ0v) is 9.86. The van der Waals surface area contributed by atoms with Gasteiger partial charge in [0.1, 0.15) is 12.4 Å². The highest BCUT2D eigenvalue weighted by Gasteiger charge is 2.34. The molecule has 2 rings (SSSR count). The maximum atomic E-state index is 11.8. The normalized spacial score (nSPS) is 19.4. The van der Waals surface area contributed by atoms with Crippen LogP contribution in [0.15, 0.2) is 29.2 Å². The molecular weight excluding hydrogens is 246 g/mol. The number of rotatable bonds is 4. The van der Waals surface area contributed by atoms with E-state index >= 15 is 0 Å². The van der Waals surface area contributed by atoms with Crippen molar-refractivity contribution in [3.8, 4) is 5.75 Å². The Hall–Kier alpha value is -1.60. The van der Waals surface area contributed by atoms with Crippen molar-refractivity contribution in [2.24, 2.45) is 0 Å². The molecule has 1 aromatic carbocycles. The molecule has 0 radical (unpaired) electrons. The van der Waals surface area contributed by atoms with Crippen molar-refractivity contribution in [3.63, 3.8) is 0 Å². The summed E-state index contributed by atoms with van der Waals surface area (Å²) in [5.41, 5.74) is 0. The van der Waals surface area contributed by atoms with Crippen molar-refractivity contribution in [1.82, 2.24) is 4.72 Å². The molecule has 0 bridgehead atoms. The molecule has 0 aromatic heterocycles. The highest BCUT2D eigenvalue weighted by Crippen LogP contribution is 2.16. The first kappa shape index (κ1) is 11.9. The number of sulfonamides is 1. The molecule has 17 heavy (non-hydrogen) atoms. The van der Waals surface area contributed by atoms with E-state index in [0.29, 0.717) is 5.75 Å². The molecule has 1 N–H and O–H groups in total. The minimum Gasteiger partial charge on any atom is -0.497 e. The van der Waals surface area contributed by atoms with Crippen molar-refractivity contribution in [1.29, 1.82) is 0 Å². The Labute approximate surface area is 98.6 Å². The van der Waals surface area contributed by atoms with E-state index in [1.54, 1.807) is 0 Å². The number of hydrogen-bond donors (Lipinski definition) is 1. The molecule has 1 aliphatic rings. The first-order valence-corrected chi connectivity index (χ1v) is 6.34. The van der Waals surface area contributed by atoms with Crippen LogP contribution in [0.1, 0.15) is 0 Å². The molecule has 0 saturated carbocycles. The molecule has 1 fully saturated rings. The molecule has 1 atom stereocenters. The van der Waals surface area contributed by atoms with Crippen LogP contribution in [0.25, 0.3) is 0 Å². The highest BCUT2D eigenvalue weighted by atomic mass is 32.2. The molecule has 92 valence electrons. The Kier molecular flexibility index (Phi) is 3.03. The number of hydrogen-bond acceptors (Lipinski definition) is 5. The number of nitrogens with one attached hydrogen (secondary N) is 1. The molecule has 1 aromatic rings. The summed E-state index contributed by atoms with van der Waals surface area (Å²) in [7, 11) is -2.19. The van der Waals surface area contributed by atoms with Crippen LogP contribution in [-0.2, 0) is 19.6 Å². The molecule has 0 aliphatic carbocycles. The number of esters is 1. The minimum atomic E-state index is -3.68. The average molecular weight is 257 g/mol. The third-order valence-corrected chi connectivity index (χ3v) is 3.83. The van der Waals surface area contributed by atoms with E-state index in [4.69, 9.17) is 4.74 Å². The van der Waals surface area contributed by atoms with Crippen LogP contribution in [0.4, 0.5) is 0 Å². The van der Waals surface area contributed by atoms with Gasteiger partial charge < -0.3 is 9.47 Å². The SMILES string of the molecule is COc1ccc(S(=O)(=O)NC2COC2=O)cc1. The summed E-state index contributed by atoms with van der Waals surface area (Å²) in [5.74, 6) is 0.00842. The van der Waals surface area contributed by atoms with Gasteiger partial charge in [-0.15, -0.1) is 0 Å². The second-order valence-electron chi connectivity index (χ2n) is 3.48. The number of benzene rings is 1. The number of carbonyl (C=O) groups is 1. The Morgan fingerprint density at radius 3 is 2.41 bits per heavy atom. The summed E-state index contributed by atoms with van der Waals surface area (Å²) in [5, 5.41) is 0. The Balaban J connectivity index is 2.16. The van der Waals surface area contributed by atoms with E-state index in [-0.39, 0.29) is 11.5 Å². The van der Waals surface area contributed by atoms with Crippen molar-refractivity contribution >= 4 is 16.0 Å². The Morgan fingerprint density at radius 1 is 1.35 bits per heavy atom. The standard InChI is InChI=1S/C10H11NO5S/c1-15-7-2-4-8(5-3-7)17(13,14)11-9-6-16-10(9)12/h2-5,9,11H,6H2,1H3. The van der Waals surface area contributed by atoms with E-state index in [9.17, 15) is 13.2 Å². The van der Waals surface area contributed by atoms with Crippen LogP contribution in [0.3, 0.4) is 0 Å². The second kappa shape index (κ2) is 4.34. The molecule has 1 heterocycles. The summed E-state index contributed by atoms with van der Waals surface area (Å²) in [6.07, 6.45) is 0. The fraction of sp³-hybridized carbons (Fsp3) is 0.300. The van der Waals surface area contributed by atoms with Crippen LogP contribution in [-0.4, -0.2) is 34.1 Å². The van der Waals surface area contributed by atoms with Crippen LogP contribution in [0.5, 0.6) is 5.75 Å². The zero-order valence-electron chi connectivity index (χ0n) is 9.04. The van der Waals surface area contributed by atoms with Gasteiger partial charge in [0.25, 0.3) is 0 Å². The van der Waals surface area contributed by atoms with Crippen molar-refractivity contribution < 1.29 is 22.7 Å². The highest BCUT2D eigenvalue weighted by molar-refractivity contribution is 7.89. The summed E-state index contributed by atoms with van der Waals surface area (Å²) in [6.45, 7) is 0.0776. The molecule has 1 unspecified atom stereocenters. The lowest BCUT2D eigenvalue weighted by molar-refractivity contribution is -0.161. The maximum absolute atomic E-state index is 11.8. The third kappa shape index (κ3) is 2.40. The van der Waals surface area contributed by atoms with Crippen LogP contribution >= 0.6 is 0 Å². The average Bonchev–Trinajstić information content (AvgIpc) is 2.34. The van der Waals surface area contributed by atoms with Gasteiger partial charge in [-0.05, 0) is 24.3 Å². The van der Waals surface area contributed by atoms with Gasteiger partial charge in [-0.2, -0.15) is 4.72 Å². The van der Waals surface area contributed by atoms with Crippen molar-refractivity contribution in [2.45, 2.75) is 10.9 Å². The summed E-state index contributed by atoms with van der Waals surface area (Å²) in [6, 6.07) is 5.11. The van der Waals surface area contributed by atoms with Crippen LogP contribution in [0, 0.1) is 0 Å². The Morgan fingerprint density at radius 2 is 2.00 bits per heavy atom. The summed E-state index contributed by atoms with van der Waals surface area (Å²) in [4.78, 5) is 11.0. The molecule has 0 spiro atoms. The molecule has 7 heteroatoms. The molecular formula is C10H11NO5S. The van der Waals surface area contributed by atoms with Crippen molar-refractivity contribution in [3.05, 3.63) is 24.3 Å². The van der Waals surface area contributed by atoms with Gasteiger partial charge in [0.15, 0.2) is 6.04 Å². The molecule has 0 amide bonds. The largest absolute Gasteiger partial charge is 0.497 e. The fourth-order valence-corrected chi connectivity index (χ4v) is 2.50. The van der Waals surface area contributed by atoms with E-state index in [0.717, 1.165) is 0 Å². The summed E-state index contributed by atoms with van der Waals surface area (Å²) < 4.78 is 35.3. The minimum absolute atomic E-state index is 0.0776. The number of cyclic esters (lactones) is 1. The van der Waals surface area contributed by atoms with Crippen LogP contribution < -0.4 is 9.46 Å².